The van der Waals surface area contributed by atoms with Gasteiger partial charge in [0.25, 0.3) is 5.56 Å². The van der Waals surface area contributed by atoms with Crippen molar-refractivity contribution in [2.75, 3.05) is 77.2 Å². The van der Waals surface area contributed by atoms with Crippen molar-refractivity contribution >= 4 is 22.8 Å². The van der Waals surface area contributed by atoms with Crippen LogP contribution >= 0.6 is 0 Å². The van der Waals surface area contributed by atoms with E-state index in [1.54, 1.807) is 7.05 Å². The fraction of sp³-hybridized carbons (Fsp3) is 0.727. The number of rotatable bonds is 6. The van der Waals surface area contributed by atoms with E-state index in [1.165, 1.54) is 9.13 Å². The van der Waals surface area contributed by atoms with Crippen LogP contribution in [0.2, 0.25) is 0 Å². The molecule has 2 saturated heterocycles. The van der Waals surface area contributed by atoms with Crippen LogP contribution in [-0.2, 0) is 23.1 Å². The SMILES string of the molecule is CC1=NN(CCN2CCOCC2)c2nc3c(c(=O)n(CCN4CCOCC4)c(=O)n3C)n2[C@@H]1C. The van der Waals surface area contributed by atoms with Crippen LogP contribution in [0.4, 0.5) is 5.95 Å². The third-order valence-corrected chi connectivity index (χ3v) is 7.13. The van der Waals surface area contributed by atoms with E-state index in [0.717, 1.165) is 51.6 Å². The first-order chi connectivity index (χ1) is 16.5. The molecule has 0 radical (unpaired) electrons. The molecule has 0 amide bonds. The average molecular weight is 475 g/mol. The standard InChI is InChI=1S/C22H34N8O4/c1-16-17(2)30-18-19(23-21(30)29(24-16)7-5-27-10-14-34-15-11-27)25(3)22(32)28(20(18)31)6-4-26-8-12-33-13-9-26/h17H,4-15H2,1-3H3/t17-/m1/s1. The van der Waals surface area contributed by atoms with Crippen LogP contribution in [0.15, 0.2) is 14.7 Å². The molecule has 186 valence electrons. The number of morpholine rings is 2. The van der Waals surface area contributed by atoms with Gasteiger partial charge in [0.1, 0.15) is 0 Å². The maximum absolute atomic E-state index is 13.6. The average Bonchev–Trinajstić information content (AvgIpc) is 3.27. The molecule has 12 heteroatoms. The van der Waals surface area contributed by atoms with Gasteiger partial charge in [-0.1, -0.05) is 0 Å². The van der Waals surface area contributed by atoms with Gasteiger partial charge in [0.15, 0.2) is 11.2 Å². The largest absolute Gasteiger partial charge is 0.379 e. The van der Waals surface area contributed by atoms with E-state index < -0.39 is 0 Å². The van der Waals surface area contributed by atoms with Crippen molar-refractivity contribution in [1.29, 1.82) is 0 Å². The quantitative estimate of drug-likeness (QED) is 0.543. The van der Waals surface area contributed by atoms with Gasteiger partial charge in [-0.2, -0.15) is 10.1 Å². The molecule has 3 aliphatic heterocycles. The lowest BCUT2D eigenvalue weighted by Crippen LogP contribution is -2.45. The number of hydrogen-bond acceptors (Lipinski definition) is 9. The topological polar surface area (TPSA) is 102 Å². The molecule has 0 aliphatic carbocycles. The summed E-state index contributed by atoms with van der Waals surface area (Å²) in [4.78, 5) is 36.1. The van der Waals surface area contributed by atoms with Gasteiger partial charge >= 0.3 is 5.69 Å². The number of aryl methyl sites for hydroxylation is 1. The summed E-state index contributed by atoms with van der Waals surface area (Å²) in [6.45, 7) is 12.7. The minimum atomic E-state index is -0.341. The molecule has 5 heterocycles. The zero-order valence-electron chi connectivity index (χ0n) is 20.3. The number of aromatic nitrogens is 4. The molecule has 12 nitrogen and oxygen atoms in total. The van der Waals surface area contributed by atoms with Gasteiger partial charge in [-0.25, -0.2) is 9.80 Å². The first-order valence-corrected chi connectivity index (χ1v) is 12.1. The predicted octanol–water partition coefficient (Wildman–Crippen LogP) is -0.682. The van der Waals surface area contributed by atoms with Crippen molar-refractivity contribution in [3.63, 3.8) is 0 Å². The van der Waals surface area contributed by atoms with E-state index in [1.807, 2.05) is 23.4 Å². The summed E-state index contributed by atoms with van der Waals surface area (Å²) in [5.41, 5.74) is 1.13. The minimum absolute atomic E-state index is 0.127. The fourth-order valence-electron chi connectivity index (χ4n) is 4.86. The molecule has 3 aliphatic rings. The van der Waals surface area contributed by atoms with Gasteiger partial charge in [-0.3, -0.25) is 28.3 Å². The van der Waals surface area contributed by atoms with Crippen LogP contribution < -0.4 is 16.3 Å². The summed E-state index contributed by atoms with van der Waals surface area (Å²) >= 11 is 0. The van der Waals surface area contributed by atoms with E-state index in [9.17, 15) is 9.59 Å². The third kappa shape index (κ3) is 4.19. The maximum atomic E-state index is 13.6. The van der Waals surface area contributed by atoms with E-state index in [2.05, 4.69) is 9.80 Å². The van der Waals surface area contributed by atoms with Crippen molar-refractivity contribution in [3.8, 4) is 0 Å². The minimum Gasteiger partial charge on any atom is -0.379 e. The lowest BCUT2D eigenvalue weighted by Gasteiger charge is -2.32. The molecule has 2 aromatic heterocycles. The number of nitrogens with zero attached hydrogens (tertiary/aromatic N) is 8. The molecule has 2 fully saturated rings. The molecular weight excluding hydrogens is 440 g/mol. The highest BCUT2D eigenvalue weighted by atomic mass is 16.5. The molecule has 0 unspecified atom stereocenters. The molecule has 2 aromatic rings. The highest BCUT2D eigenvalue weighted by molar-refractivity contribution is 5.91. The smallest absolute Gasteiger partial charge is 0.332 e. The summed E-state index contributed by atoms with van der Waals surface area (Å²) in [7, 11) is 1.69. The monoisotopic (exact) mass is 474 g/mol. The Morgan fingerprint density at radius 2 is 1.50 bits per heavy atom. The normalized spacial score (nSPS) is 22.3. The van der Waals surface area contributed by atoms with Crippen molar-refractivity contribution in [1.82, 2.24) is 28.5 Å². The summed E-state index contributed by atoms with van der Waals surface area (Å²) in [6, 6.07) is -0.127. The number of hydrazone groups is 1. The highest BCUT2D eigenvalue weighted by Gasteiger charge is 2.31. The lowest BCUT2D eigenvalue weighted by atomic mass is 10.2. The zero-order chi connectivity index (χ0) is 23.8. The maximum Gasteiger partial charge on any atom is 0.332 e. The Morgan fingerprint density at radius 1 is 0.912 bits per heavy atom. The zero-order valence-corrected chi connectivity index (χ0v) is 20.3. The third-order valence-electron chi connectivity index (χ3n) is 7.13. The lowest BCUT2D eigenvalue weighted by molar-refractivity contribution is 0.0361. The fourth-order valence-corrected chi connectivity index (χ4v) is 4.86. The summed E-state index contributed by atoms with van der Waals surface area (Å²) in [5, 5.41) is 6.65. The predicted molar refractivity (Wildman–Crippen MR) is 129 cm³/mol. The molecule has 34 heavy (non-hydrogen) atoms. The molecule has 0 aromatic carbocycles. The molecular formula is C22H34N8O4. The van der Waals surface area contributed by atoms with E-state index in [4.69, 9.17) is 19.6 Å². The molecule has 0 N–H and O–H groups in total. The van der Waals surface area contributed by atoms with Gasteiger partial charge in [0.2, 0.25) is 5.95 Å². The highest BCUT2D eigenvalue weighted by Crippen LogP contribution is 2.29. The molecule has 1 atom stereocenters. The number of anilines is 1. The van der Waals surface area contributed by atoms with Gasteiger partial charge < -0.3 is 9.47 Å². The Labute approximate surface area is 197 Å². The number of hydrogen-bond donors (Lipinski definition) is 0. The Kier molecular flexibility index (Phi) is 6.56. The summed E-state index contributed by atoms with van der Waals surface area (Å²) in [5.74, 6) is 0.611. The molecule has 0 saturated carbocycles. The first kappa shape index (κ1) is 23.2. The Morgan fingerprint density at radius 3 is 2.12 bits per heavy atom. The Hall–Kier alpha value is -2.54. The second kappa shape index (κ2) is 9.61. The number of fused-ring (bicyclic) bond motifs is 3. The second-order valence-electron chi connectivity index (χ2n) is 9.20. The van der Waals surface area contributed by atoms with Gasteiger partial charge in [0, 0.05) is 52.9 Å². The molecule has 5 rings (SSSR count). The van der Waals surface area contributed by atoms with E-state index in [-0.39, 0.29) is 17.3 Å². The Bertz CT molecular complexity index is 1190. The van der Waals surface area contributed by atoms with Gasteiger partial charge in [0.05, 0.1) is 44.7 Å². The summed E-state index contributed by atoms with van der Waals surface area (Å²) < 4.78 is 15.6. The van der Waals surface area contributed by atoms with Crippen LogP contribution in [0, 0.1) is 0 Å². The second-order valence-corrected chi connectivity index (χ2v) is 9.20. The van der Waals surface area contributed by atoms with E-state index in [0.29, 0.717) is 50.0 Å². The number of ether oxygens (including phenoxy) is 2. The van der Waals surface area contributed by atoms with Crippen LogP contribution in [0.25, 0.3) is 11.2 Å². The number of imidazole rings is 1. The van der Waals surface area contributed by atoms with Crippen LogP contribution in [-0.4, -0.2) is 106 Å². The Balaban J connectivity index is 1.49. The van der Waals surface area contributed by atoms with Crippen LogP contribution in [0.5, 0.6) is 0 Å². The van der Waals surface area contributed by atoms with Crippen molar-refractivity contribution in [3.05, 3.63) is 20.8 Å². The van der Waals surface area contributed by atoms with Crippen LogP contribution in [0.1, 0.15) is 19.9 Å². The van der Waals surface area contributed by atoms with Crippen molar-refractivity contribution in [2.24, 2.45) is 12.1 Å². The first-order valence-electron chi connectivity index (χ1n) is 12.1. The molecule has 0 bridgehead atoms. The van der Waals surface area contributed by atoms with Crippen molar-refractivity contribution < 1.29 is 9.47 Å². The van der Waals surface area contributed by atoms with Crippen LogP contribution in [0.3, 0.4) is 0 Å². The summed E-state index contributed by atoms with van der Waals surface area (Å²) in [6.07, 6.45) is 0. The molecule has 0 spiro atoms. The van der Waals surface area contributed by atoms with Gasteiger partial charge in [-0.05, 0) is 13.8 Å². The van der Waals surface area contributed by atoms with E-state index >= 15 is 0 Å². The van der Waals surface area contributed by atoms with Crippen molar-refractivity contribution in [2.45, 2.75) is 26.4 Å². The van der Waals surface area contributed by atoms with Gasteiger partial charge in [-0.15, -0.1) is 0 Å².